The fraction of sp³-hybridized carbons (Fsp3) is 0.105. The number of nitrogens with zero attached hydrogens (tertiary/aromatic N) is 1. The summed E-state index contributed by atoms with van der Waals surface area (Å²) in [6, 6.07) is 10.3. The highest BCUT2D eigenvalue weighted by Gasteiger charge is 2.13. The minimum atomic E-state index is -0.911. The van der Waals surface area contributed by atoms with Crippen molar-refractivity contribution < 1.29 is 14.3 Å². The second kappa shape index (κ2) is 9.89. The molecular formula is C19H17BrClN3O3. The van der Waals surface area contributed by atoms with Crippen molar-refractivity contribution in [1.29, 1.82) is 0 Å². The molecule has 0 radical (unpaired) electrons. The van der Waals surface area contributed by atoms with Gasteiger partial charge in [0.05, 0.1) is 6.21 Å². The Kier molecular flexibility index (Phi) is 7.57. The zero-order valence-corrected chi connectivity index (χ0v) is 16.8. The van der Waals surface area contributed by atoms with Crippen molar-refractivity contribution in [2.24, 2.45) is 5.10 Å². The van der Waals surface area contributed by atoms with E-state index in [2.05, 4.69) is 38.4 Å². The van der Waals surface area contributed by atoms with Gasteiger partial charge in [0.15, 0.2) is 0 Å². The Labute approximate surface area is 170 Å². The number of benzene rings is 2. The molecular weight excluding hydrogens is 434 g/mol. The van der Waals surface area contributed by atoms with Crippen LogP contribution in [0.1, 0.15) is 11.1 Å². The Morgan fingerprint density at radius 3 is 2.74 bits per heavy atom. The highest BCUT2D eigenvalue weighted by atomic mass is 79.9. The number of nitrogens with one attached hydrogen (secondary N) is 2. The molecule has 0 aliphatic carbocycles. The zero-order chi connectivity index (χ0) is 19.8. The molecule has 8 heteroatoms. The van der Waals surface area contributed by atoms with Crippen molar-refractivity contribution in [3.63, 3.8) is 0 Å². The average Bonchev–Trinajstić information content (AvgIpc) is 2.64. The lowest BCUT2D eigenvalue weighted by Crippen LogP contribution is -2.32. The summed E-state index contributed by atoms with van der Waals surface area (Å²) in [5, 5.41) is 6.76. The van der Waals surface area contributed by atoms with Crippen LogP contribution in [0.25, 0.3) is 0 Å². The summed E-state index contributed by atoms with van der Waals surface area (Å²) in [5.41, 5.74) is 4.08. The van der Waals surface area contributed by atoms with Crippen molar-refractivity contribution in [1.82, 2.24) is 5.43 Å². The summed E-state index contributed by atoms with van der Waals surface area (Å²) in [6.07, 6.45) is 3.00. The predicted octanol–water partition coefficient (Wildman–Crippen LogP) is 4.06. The van der Waals surface area contributed by atoms with Crippen molar-refractivity contribution in [2.45, 2.75) is 6.92 Å². The van der Waals surface area contributed by atoms with Crippen LogP contribution in [-0.4, -0.2) is 24.6 Å². The number of halogens is 2. The molecule has 0 fully saturated rings. The molecule has 0 spiro atoms. The van der Waals surface area contributed by atoms with E-state index in [1.54, 1.807) is 36.4 Å². The Hall–Kier alpha value is -2.64. The van der Waals surface area contributed by atoms with Gasteiger partial charge < -0.3 is 10.1 Å². The van der Waals surface area contributed by atoms with Crippen LogP contribution in [-0.2, 0) is 9.59 Å². The zero-order valence-electron chi connectivity index (χ0n) is 14.5. The lowest BCUT2D eigenvalue weighted by atomic mass is 10.2. The first kappa shape index (κ1) is 20.7. The van der Waals surface area contributed by atoms with E-state index in [0.717, 1.165) is 10.0 Å². The third-order valence-electron chi connectivity index (χ3n) is 3.33. The number of hydrogen-bond donors (Lipinski definition) is 2. The van der Waals surface area contributed by atoms with Crippen LogP contribution < -0.4 is 15.5 Å². The fourth-order valence-electron chi connectivity index (χ4n) is 1.97. The lowest BCUT2D eigenvalue weighted by molar-refractivity contribution is -0.136. The summed E-state index contributed by atoms with van der Waals surface area (Å²) in [7, 11) is 0. The fourth-order valence-corrected chi connectivity index (χ4v) is 2.53. The van der Waals surface area contributed by atoms with Crippen LogP contribution in [0.15, 0.2) is 58.6 Å². The van der Waals surface area contributed by atoms with Crippen LogP contribution in [0, 0.1) is 6.92 Å². The van der Waals surface area contributed by atoms with E-state index in [1.807, 2.05) is 13.0 Å². The average molecular weight is 451 g/mol. The lowest BCUT2D eigenvalue weighted by Gasteiger charge is -2.07. The highest BCUT2D eigenvalue weighted by Crippen LogP contribution is 2.22. The Morgan fingerprint density at radius 1 is 1.26 bits per heavy atom. The largest absolute Gasteiger partial charge is 0.489 e. The van der Waals surface area contributed by atoms with Gasteiger partial charge in [-0.05, 0) is 42.8 Å². The van der Waals surface area contributed by atoms with Crippen LogP contribution in [0.3, 0.4) is 0 Å². The molecule has 0 bridgehead atoms. The predicted molar refractivity (Wildman–Crippen MR) is 110 cm³/mol. The monoisotopic (exact) mass is 449 g/mol. The van der Waals surface area contributed by atoms with E-state index < -0.39 is 11.8 Å². The number of ether oxygens (including phenoxy) is 1. The summed E-state index contributed by atoms with van der Waals surface area (Å²) < 4.78 is 6.33. The summed E-state index contributed by atoms with van der Waals surface area (Å²) in [5.74, 6) is -1.20. The minimum absolute atomic E-state index is 0.330. The molecule has 0 saturated carbocycles. The second-order valence-electron chi connectivity index (χ2n) is 5.40. The van der Waals surface area contributed by atoms with Gasteiger partial charge in [0.25, 0.3) is 0 Å². The van der Waals surface area contributed by atoms with E-state index >= 15 is 0 Å². The quantitative estimate of drug-likeness (QED) is 0.301. The van der Waals surface area contributed by atoms with E-state index in [9.17, 15) is 9.59 Å². The Balaban J connectivity index is 1.99. The molecule has 0 aromatic heterocycles. The molecule has 0 heterocycles. The number of carbonyl (C=O) groups is 2. The molecule has 6 nitrogen and oxygen atoms in total. The number of hydrogen-bond acceptors (Lipinski definition) is 4. The summed E-state index contributed by atoms with van der Waals surface area (Å²) >= 11 is 9.35. The standard InChI is InChI=1S/C19H17BrClN3O3/c1-3-8-27-17-7-5-14(20)9-13(17)11-22-24-19(26)18(25)23-15-6-4-12(2)16(21)10-15/h3-7,9-11H,1,8H2,2H3,(H,23,25)(H,24,26)/b22-11+. The maximum Gasteiger partial charge on any atom is 0.329 e. The molecule has 2 N–H and O–H groups in total. The molecule has 2 aromatic rings. The van der Waals surface area contributed by atoms with Gasteiger partial charge in [0, 0.05) is 20.7 Å². The third kappa shape index (κ3) is 6.23. The molecule has 2 rings (SSSR count). The van der Waals surface area contributed by atoms with Gasteiger partial charge in [-0.3, -0.25) is 9.59 Å². The highest BCUT2D eigenvalue weighted by molar-refractivity contribution is 9.10. The van der Waals surface area contributed by atoms with Gasteiger partial charge in [-0.1, -0.05) is 46.3 Å². The van der Waals surface area contributed by atoms with E-state index in [0.29, 0.717) is 28.6 Å². The second-order valence-corrected chi connectivity index (χ2v) is 6.72. The van der Waals surface area contributed by atoms with Gasteiger partial charge >= 0.3 is 11.8 Å². The minimum Gasteiger partial charge on any atom is -0.489 e. The number of rotatable bonds is 6. The molecule has 2 aromatic carbocycles. The van der Waals surface area contributed by atoms with E-state index in [-0.39, 0.29) is 0 Å². The van der Waals surface area contributed by atoms with Gasteiger partial charge in [0.1, 0.15) is 12.4 Å². The molecule has 27 heavy (non-hydrogen) atoms. The van der Waals surface area contributed by atoms with Crippen molar-refractivity contribution in [3.05, 3.63) is 69.7 Å². The number of amides is 2. The number of aryl methyl sites for hydroxylation is 1. The first-order chi connectivity index (χ1) is 12.9. The summed E-state index contributed by atoms with van der Waals surface area (Å²) in [4.78, 5) is 23.8. The molecule has 0 saturated heterocycles. The summed E-state index contributed by atoms with van der Waals surface area (Å²) in [6.45, 7) is 5.76. The maximum atomic E-state index is 11.9. The van der Waals surface area contributed by atoms with Crippen LogP contribution in [0.2, 0.25) is 5.02 Å². The molecule has 140 valence electrons. The van der Waals surface area contributed by atoms with Crippen LogP contribution in [0.5, 0.6) is 5.75 Å². The van der Waals surface area contributed by atoms with E-state index in [4.69, 9.17) is 16.3 Å². The van der Waals surface area contributed by atoms with Crippen molar-refractivity contribution in [2.75, 3.05) is 11.9 Å². The van der Waals surface area contributed by atoms with Crippen LogP contribution >= 0.6 is 27.5 Å². The van der Waals surface area contributed by atoms with Gasteiger partial charge in [-0.2, -0.15) is 5.10 Å². The number of hydrazone groups is 1. The van der Waals surface area contributed by atoms with Gasteiger partial charge in [-0.25, -0.2) is 5.43 Å². The van der Waals surface area contributed by atoms with Crippen molar-refractivity contribution in [3.8, 4) is 5.75 Å². The van der Waals surface area contributed by atoms with Gasteiger partial charge in [-0.15, -0.1) is 0 Å². The van der Waals surface area contributed by atoms with Gasteiger partial charge in [0.2, 0.25) is 0 Å². The third-order valence-corrected chi connectivity index (χ3v) is 4.23. The SMILES string of the molecule is C=CCOc1ccc(Br)cc1/C=N/NC(=O)C(=O)Nc1ccc(C)c(Cl)c1. The Bertz CT molecular complexity index is 900. The molecule has 0 atom stereocenters. The topological polar surface area (TPSA) is 79.8 Å². The van der Waals surface area contributed by atoms with Crippen LogP contribution in [0.4, 0.5) is 5.69 Å². The Morgan fingerprint density at radius 2 is 2.04 bits per heavy atom. The van der Waals surface area contributed by atoms with E-state index in [1.165, 1.54) is 6.21 Å². The number of carbonyl (C=O) groups excluding carboxylic acids is 2. The van der Waals surface area contributed by atoms with Crippen molar-refractivity contribution >= 4 is 51.2 Å². The first-order valence-corrected chi connectivity index (χ1v) is 9.01. The molecule has 0 aliphatic heterocycles. The first-order valence-electron chi connectivity index (χ1n) is 7.84. The molecule has 2 amide bonds. The maximum absolute atomic E-state index is 11.9. The number of anilines is 1. The molecule has 0 aliphatic rings. The molecule has 0 unspecified atom stereocenters. The normalized spacial score (nSPS) is 10.5. The smallest absolute Gasteiger partial charge is 0.329 e.